The van der Waals surface area contributed by atoms with Gasteiger partial charge in [-0.15, -0.1) is 0 Å². The first-order valence-corrected chi connectivity index (χ1v) is 9.45. The average molecular weight is 329 g/mol. The second-order valence-corrected chi connectivity index (χ2v) is 8.61. The van der Waals surface area contributed by atoms with Gasteiger partial charge in [0.15, 0.2) is 0 Å². The van der Waals surface area contributed by atoms with Crippen LogP contribution in [0.4, 0.5) is 0 Å². The first-order chi connectivity index (χ1) is 10.0. The van der Waals surface area contributed by atoms with Crippen LogP contribution >= 0.6 is 11.6 Å². The van der Waals surface area contributed by atoms with E-state index in [9.17, 15) is 8.42 Å². The Kier molecular flexibility index (Phi) is 4.26. The molecule has 0 atom stereocenters. The van der Waals surface area contributed by atoms with E-state index in [1.165, 1.54) is 50.4 Å². The molecular formula is C15H21ClN2O2S. The van der Waals surface area contributed by atoms with Crippen molar-refractivity contribution in [2.45, 2.75) is 49.8 Å². The molecule has 0 amide bonds. The SMILES string of the molecule is O=S(=O)(c1ccc(Cl)nc1)N1CCC2(CCCCC2)CC1. The molecule has 1 aliphatic carbocycles. The third-order valence-corrected chi connectivity index (χ3v) is 7.14. The molecule has 0 radical (unpaired) electrons. The number of rotatable bonds is 2. The van der Waals surface area contributed by atoms with Crippen molar-refractivity contribution in [3.05, 3.63) is 23.5 Å². The van der Waals surface area contributed by atoms with Gasteiger partial charge < -0.3 is 0 Å². The molecule has 1 aromatic rings. The molecule has 1 aromatic heterocycles. The molecule has 0 bridgehead atoms. The Labute approximate surface area is 131 Å². The molecule has 1 saturated carbocycles. The lowest BCUT2D eigenvalue weighted by Crippen LogP contribution is -2.43. The third kappa shape index (κ3) is 3.10. The molecule has 0 unspecified atom stereocenters. The zero-order valence-electron chi connectivity index (χ0n) is 12.1. The lowest BCUT2D eigenvalue weighted by molar-refractivity contribution is 0.102. The Balaban J connectivity index is 1.72. The van der Waals surface area contributed by atoms with Gasteiger partial charge in [0.2, 0.25) is 10.0 Å². The summed E-state index contributed by atoms with van der Waals surface area (Å²) in [6.45, 7) is 1.26. The molecule has 6 heteroatoms. The number of nitrogens with zero attached hydrogens (tertiary/aromatic N) is 2. The maximum Gasteiger partial charge on any atom is 0.244 e. The van der Waals surface area contributed by atoms with Crippen molar-refractivity contribution in [2.75, 3.05) is 13.1 Å². The average Bonchev–Trinajstić information content (AvgIpc) is 2.49. The van der Waals surface area contributed by atoms with E-state index in [1.807, 2.05) is 0 Å². The second-order valence-electron chi connectivity index (χ2n) is 6.28. The van der Waals surface area contributed by atoms with E-state index in [1.54, 1.807) is 4.31 Å². The van der Waals surface area contributed by atoms with Crippen LogP contribution in [0.15, 0.2) is 23.2 Å². The molecule has 0 aromatic carbocycles. The molecule has 0 N–H and O–H groups in total. The molecule has 2 aliphatic rings. The monoisotopic (exact) mass is 328 g/mol. The molecule has 1 spiro atoms. The summed E-state index contributed by atoms with van der Waals surface area (Å²) < 4.78 is 26.8. The zero-order valence-corrected chi connectivity index (χ0v) is 13.7. The lowest BCUT2D eigenvalue weighted by atomic mass is 9.68. The highest BCUT2D eigenvalue weighted by Crippen LogP contribution is 2.45. The largest absolute Gasteiger partial charge is 0.244 e. The van der Waals surface area contributed by atoms with Crippen molar-refractivity contribution in [3.63, 3.8) is 0 Å². The van der Waals surface area contributed by atoms with E-state index < -0.39 is 10.0 Å². The summed E-state index contributed by atoms with van der Waals surface area (Å²) in [5.41, 5.74) is 0.405. The Morgan fingerprint density at radius 3 is 2.29 bits per heavy atom. The van der Waals surface area contributed by atoms with Crippen LogP contribution in [0.2, 0.25) is 5.15 Å². The van der Waals surface area contributed by atoms with Gasteiger partial charge in [0.1, 0.15) is 10.0 Å². The van der Waals surface area contributed by atoms with Crippen molar-refractivity contribution >= 4 is 21.6 Å². The molecule has 1 aliphatic heterocycles. The van der Waals surface area contributed by atoms with Crippen LogP contribution in [0.5, 0.6) is 0 Å². The van der Waals surface area contributed by atoms with Gasteiger partial charge in [-0.25, -0.2) is 13.4 Å². The minimum Gasteiger partial charge on any atom is -0.243 e. The van der Waals surface area contributed by atoms with E-state index in [4.69, 9.17) is 11.6 Å². The summed E-state index contributed by atoms with van der Waals surface area (Å²) in [7, 11) is -3.42. The van der Waals surface area contributed by atoms with Crippen LogP contribution in [0.1, 0.15) is 44.9 Å². The van der Waals surface area contributed by atoms with E-state index in [0.717, 1.165) is 12.8 Å². The van der Waals surface area contributed by atoms with Gasteiger partial charge in [0.25, 0.3) is 0 Å². The van der Waals surface area contributed by atoms with Crippen LogP contribution in [-0.4, -0.2) is 30.8 Å². The van der Waals surface area contributed by atoms with Gasteiger partial charge in [-0.05, 0) is 43.2 Å². The number of sulfonamides is 1. The van der Waals surface area contributed by atoms with Crippen LogP contribution in [0, 0.1) is 5.41 Å². The molecular weight excluding hydrogens is 308 g/mol. The Morgan fingerprint density at radius 1 is 1.05 bits per heavy atom. The number of piperidine rings is 1. The normalized spacial score (nSPS) is 23.3. The first-order valence-electron chi connectivity index (χ1n) is 7.64. The molecule has 3 rings (SSSR count). The van der Waals surface area contributed by atoms with E-state index in [0.29, 0.717) is 23.7 Å². The Morgan fingerprint density at radius 2 is 1.71 bits per heavy atom. The van der Waals surface area contributed by atoms with Gasteiger partial charge in [0.05, 0.1) is 0 Å². The lowest BCUT2D eigenvalue weighted by Gasteiger charge is -2.43. The van der Waals surface area contributed by atoms with Crippen LogP contribution in [-0.2, 0) is 10.0 Å². The quantitative estimate of drug-likeness (QED) is 0.781. The molecule has 2 heterocycles. The van der Waals surface area contributed by atoms with Crippen molar-refractivity contribution in [1.29, 1.82) is 0 Å². The van der Waals surface area contributed by atoms with E-state index >= 15 is 0 Å². The number of pyridine rings is 1. The number of aromatic nitrogens is 1. The van der Waals surface area contributed by atoms with Crippen LogP contribution < -0.4 is 0 Å². The minimum absolute atomic E-state index is 0.242. The summed E-state index contributed by atoms with van der Waals surface area (Å²) in [6.07, 6.45) is 9.80. The van der Waals surface area contributed by atoms with E-state index in [2.05, 4.69) is 4.98 Å². The number of hydrogen-bond acceptors (Lipinski definition) is 3. The van der Waals surface area contributed by atoms with Gasteiger partial charge in [0, 0.05) is 19.3 Å². The number of hydrogen-bond donors (Lipinski definition) is 0. The summed E-state index contributed by atoms with van der Waals surface area (Å²) in [5.74, 6) is 0. The molecule has 116 valence electrons. The maximum atomic E-state index is 12.6. The highest BCUT2D eigenvalue weighted by atomic mass is 35.5. The highest BCUT2D eigenvalue weighted by Gasteiger charge is 2.39. The van der Waals surface area contributed by atoms with Gasteiger partial charge in [-0.2, -0.15) is 4.31 Å². The highest BCUT2D eigenvalue weighted by molar-refractivity contribution is 7.89. The smallest absolute Gasteiger partial charge is 0.243 e. The summed E-state index contributed by atoms with van der Waals surface area (Å²) >= 11 is 5.73. The van der Waals surface area contributed by atoms with Gasteiger partial charge in [-0.1, -0.05) is 30.9 Å². The maximum absolute atomic E-state index is 12.6. The van der Waals surface area contributed by atoms with Crippen LogP contribution in [0.3, 0.4) is 0 Å². The van der Waals surface area contributed by atoms with Crippen molar-refractivity contribution in [3.8, 4) is 0 Å². The topological polar surface area (TPSA) is 50.3 Å². The number of halogens is 1. The van der Waals surface area contributed by atoms with Gasteiger partial charge >= 0.3 is 0 Å². The Hall–Kier alpha value is -0.650. The van der Waals surface area contributed by atoms with Gasteiger partial charge in [-0.3, -0.25) is 0 Å². The van der Waals surface area contributed by atoms with Crippen LogP contribution in [0.25, 0.3) is 0 Å². The fourth-order valence-electron chi connectivity index (χ4n) is 3.67. The minimum atomic E-state index is -3.42. The molecule has 1 saturated heterocycles. The van der Waals surface area contributed by atoms with Crippen molar-refractivity contribution < 1.29 is 8.42 Å². The second kappa shape index (κ2) is 5.86. The zero-order chi connectivity index (χ0) is 14.9. The molecule has 2 fully saturated rings. The van der Waals surface area contributed by atoms with Crippen molar-refractivity contribution in [2.24, 2.45) is 5.41 Å². The fourth-order valence-corrected chi connectivity index (χ4v) is 5.17. The van der Waals surface area contributed by atoms with E-state index in [-0.39, 0.29) is 4.90 Å². The predicted molar refractivity (Wildman–Crippen MR) is 82.8 cm³/mol. The first kappa shape index (κ1) is 15.3. The molecule has 4 nitrogen and oxygen atoms in total. The summed E-state index contributed by atoms with van der Waals surface area (Å²) in [6, 6.07) is 3.07. The standard InChI is InChI=1S/C15H21ClN2O2S/c16-14-5-4-13(12-17-14)21(19,20)18-10-8-15(9-11-18)6-2-1-3-7-15/h4-5,12H,1-3,6-11H2. The Bertz CT molecular complexity index is 585. The fraction of sp³-hybridized carbons (Fsp3) is 0.667. The summed E-state index contributed by atoms with van der Waals surface area (Å²) in [4.78, 5) is 4.13. The van der Waals surface area contributed by atoms with Crippen molar-refractivity contribution in [1.82, 2.24) is 9.29 Å². The third-order valence-electron chi connectivity index (χ3n) is 5.04. The summed E-state index contributed by atoms with van der Waals surface area (Å²) in [5, 5.41) is 0.314. The predicted octanol–water partition coefficient (Wildman–Crippen LogP) is 3.47. The molecule has 21 heavy (non-hydrogen) atoms.